The molecular weight excluding hydrogens is 362 g/mol. The highest BCUT2D eigenvalue weighted by Gasteiger charge is 2.12. The molecule has 146 valence electrons. The third kappa shape index (κ3) is 6.35. The molecule has 0 aliphatic carbocycles. The molecule has 0 saturated carbocycles. The number of carbonyl (C=O) groups is 4. The Labute approximate surface area is 162 Å². The smallest absolute Gasteiger partial charge is 0.343 e. The van der Waals surface area contributed by atoms with Crippen LogP contribution in [0.1, 0.15) is 39.6 Å². The number of hydrogen-bond donors (Lipinski definition) is 1. The van der Waals surface area contributed by atoms with E-state index in [0.717, 1.165) is 5.56 Å². The van der Waals surface area contributed by atoms with E-state index in [1.807, 2.05) is 19.1 Å². The summed E-state index contributed by atoms with van der Waals surface area (Å²) in [6.07, 6.45) is 0.257. The molecule has 2 aromatic rings. The summed E-state index contributed by atoms with van der Waals surface area (Å²) in [5.41, 5.74) is 1.77. The first-order valence-corrected chi connectivity index (χ1v) is 8.73. The van der Waals surface area contributed by atoms with E-state index < -0.39 is 24.3 Å². The second-order valence-corrected chi connectivity index (χ2v) is 5.99. The van der Waals surface area contributed by atoms with Crippen molar-refractivity contribution < 1.29 is 28.7 Å². The summed E-state index contributed by atoms with van der Waals surface area (Å²) in [5, 5.41) is 2.36. The zero-order valence-electron chi connectivity index (χ0n) is 15.7. The Morgan fingerprint density at radius 2 is 1.50 bits per heavy atom. The zero-order valence-corrected chi connectivity index (χ0v) is 15.7. The summed E-state index contributed by atoms with van der Waals surface area (Å²) in [5.74, 6) is -1.59. The molecule has 1 amide bonds. The lowest BCUT2D eigenvalue weighted by atomic mass is 10.1. The number of benzene rings is 2. The summed E-state index contributed by atoms with van der Waals surface area (Å²) in [6.45, 7) is 2.85. The fourth-order valence-corrected chi connectivity index (χ4v) is 2.14. The molecule has 0 aliphatic rings. The molecule has 7 nitrogen and oxygen atoms in total. The number of Topliss-reactive ketones (excluding diaryl/α,β-unsaturated/α-hetero) is 1. The van der Waals surface area contributed by atoms with Gasteiger partial charge in [-0.2, -0.15) is 0 Å². The Kier molecular flexibility index (Phi) is 7.45. The first-order chi connectivity index (χ1) is 13.4. The Balaban J connectivity index is 1.85. The predicted molar refractivity (Wildman–Crippen MR) is 101 cm³/mol. The normalized spacial score (nSPS) is 10.1. The van der Waals surface area contributed by atoms with Crippen molar-refractivity contribution in [2.24, 2.45) is 0 Å². The lowest BCUT2D eigenvalue weighted by molar-refractivity contribution is -0.142. The number of carbonyl (C=O) groups excluding carboxylic acids is 4. The lowest BCUT2D eigenvalue weighted by Crippen LogP contribution is -2.30. The van der Waals surface area contributed by atoms with Crippen molar-refractivity contribution in [2.75, 3.05) is 13.2 Å². The topological polar surface area (TPSA) is 98.8 Å². The van der Waals surface area contributed by atoms with E-state index in [1.165, 1.54) is 24.3 Å². The molecule has 7 heteroatoms. The van der Waals surface area contributed by atoms with Gasteiger partial charge in [-0.05, 0) is 43.3 Å². The standard InChI is InChI=1S/C21H21NO6/c1-3-19(24)22-12-20(25)27-13-18(23)15-8-10-17(11-9-15)28-21(26)16-6-4-14(2)5-7-16/h4-11H,3,12-13H2,1-2H3,(H,22,24). The summed E-state index contributed by atoms with van der Waals surface area (Å²) in [7, 11) is 0. The first kappa shape index (κ1) is 20.8. The molecule has 0 aromatic heterocycles. The number of ketones is 1. The van der Waals surface area contributed by atoms with Gasteiger partial charge in [-0.15, -0.1) is 0 Å². The van der Waals surface area contributed by atoms with Crippen LogP contribution in [0, 0.1) is 6.92 Å². The Morgan fingerprint density at radius 1 is 0.893 bits per heavy atom. The number of rotatable bonds is 8. The van der Waals surface area contributed by atoms with Gasteiger partial charge >= 0.3 is 11.9 Å². The number of amides is 1. The minimum absolute atomic E-state index is 0.257. The van der Waals surface area contributed by atoms with Crippen LogP contribution in [0.4, 0.5) is 0 Å². The van der Waals surface area contributed by atoms with Crippen LogP contribution >= 0.6 is 0 Å². The molecule has 0 saturated heterocycles. The number of nitrogens with one attached hydrogen (secondary N) is 1. The van der Waals surface area contributed by atoms with E-state index in [9.17, 15) is 19.2 Å². The number of ether oxygens (including phenoxy) is 2. The molecule has 0 aliphatic heterocycles. The van der Waals surface area contributed by atoms with Gasteiger partial charge in [0.05, 0.1) is 5.56 Å². The van der Waals surface area contributed by atoms with Crippen molar-refractivity contribution in [2.45, 2.75) is 20.3 Å². The van der Waals surface area contributed by atoms with Gasteiger partial charge in [0, 0.05) is 12.0 Å². The van der Waals surface area contributed by atoms with Gasteiger partial charge in [-0.1, -0.05) is 24.6 Å². The Bertz CT molecular complexity index is 855. The molecular formula is C21H21NO6. The Hall–Kier alpha value is -3.48. The molecule has 0 radical (unpaired) electrons. The maximum Gasteiger partial charge on any atom is 0.343 e. The molecule has 0 bridgehead atoms. The minimum atomic E-state index is -0.696. The minimum Gasteiger partial charge on any atom is -0.456 e. The molecule has 0 fully saturated rings. The number of aryl methyl sites for hydroxylation is 1. The van der Waals surface area contributed by atoms with Gasteiger partial charge < -0.3 is 14.8 Å². The molecule has 2 aromatic carbocycles. The maximum absolute atomic E-state index is 12.1. The van der Waals surface area contributed by atoms with Gasteiger partial charge in [0.25, 0.3) is 0 Å². The summed E-state index contributed by atoms with van der Waals surface area (Å²) < 4.78 is 10.1. The molecule has 0 heterocycles. The second-order valence-electron chi connectivity index (χ2n) is 5.99. The van der Waals surface area contributed by atoms with Gasteiger partial charge in [0.2, 0.25) is 5.91 Å². The van der Waals surface area contributed by atoms with Crippen molar-refractivity contribution in [1.82, 2.24) is 5.32 Å². The Morgan fingerprint density at radius 3 is 2.11 bits per heavy atom. The lowest BCUT2D eigenvalue weighted by Gasteiger charge is -2.07. The van der Waals surface area contributed by atoms with E-state index in [1.54, 1.807) is 19.1 Å². The van der Waals surface area contributed by atoms with E-state index in [0.29, 0.717) is 16.9 Å². The van der Waals surface area contributed by atoms with E-state index in [4.69, 9.17) is 9.47 Å². The summed E-state index contributed by atoms with van der Waals surface area (Å²) >= 11 is 0. The van der Waals surface area contributed by atoms with Crippen molar-refractivity contribution in [3.05, 3.63) is 65.2 Å². The van der Waals surface area contributed by atoms with Crippen LogP contribution in [0.25, 0.3) is 0 Å². The van der Waals surface area contributed by atoms with Gasteiger partial charge in [-0.3, -0.25) is 14.4 Å². The van der Waals surface area contributed by atoms with E-state index in [2.05, 4.69) is 5.32 Å². The van der Waals surface area contributed by atoms with Gasteiger partial charge in [0.15, 0.2) is 12.4 Å². The number of esters is 2. The highest BCUT2D eigenvalue weighted by molar-refractivity contribution is 5.98. The van der Waals surface area contributed by atoms with E-state index in [-0.39, 0.29) is 18.9 Å². The van der Waals surface area contributed by atoms with Crippen LogP contribution < -0.4 is 10.1 Å². The SMILES string of the molecule is CCC(=O)NCC(=O)OCC(=O)c1ccc(OC(=O)c2ccc(C)cc2)cc1. The zero-order chi connectivity index (χ0) is 20.5. The average Bonchev–Trinajstić information content (AvgIpc) is 2.71. The quantitative estimate of drug-likeness (QED) is 0.427. The first-order valence-electron chi connectivity index (χ1n) is 8.73. The largest absolute Gasteiger partial charge is 0.456 e. The number of hydrogen-bond acceptors (Lipinski definition) is 6. The van der Waals surface area contributed by atoms with Crippen molar-refractivity contribution in [3.8, 4) is 5.75 Å². The predicted octanol–water partition coefficient (Wildman–Crippen LogP) is 2.47. The highest BCUT2D eigenvalue weighted by Crippen LogP contribution is 2.15. The van der Waals surface area contributed by atoms with Crippen LogP contribution in [-0.4, -0.2) is 36.8 Å². The third-order valence-corrected chi connectivity index (χ3v) is 3.79. The molecule has 0 atom stereocenters. The van der Waals surface area contributed by atoms with Gasteiger partial charge in [-0.25, -0.2) is 4.79 Å². The van der Waals surface area contributed by atoms with Crippen LogP contribution in [0.3, 0.4) is 0 Å². The van der Waals surface area contributed by atoms with Crippen LogP contribution in [-0.2, 0) is 14.3 Å². The monoisotopic (exact) mass is 383 g/mol. The van der Waals surface area contributed by atoms with Crippen molar-refractivity contribution in [1.29, 1.82) is 0 Å². The van der Waals surface area contributed by atoms with Crippen molar-refractivity contribution in [3.63, 3.8) is 0 Å². The highest BCUT2D eigenvalue weighted by atomic mass is 16.5. The fourth-order valence-electron chi connectivity index (χ4n) is 2.14. The van der Waals surface area contributed by atoms with Crippen LogP contribution in [0.15, 0.2) is 48.5 Å². The van der Waals surface area contributed by atoms with E-state index >= 15 is 0 Å². The maximum atomic E-state index is 12.1. The molecule has 2 rings (SSSR count). The second kappa shape index (κ2) is 10.0. The van der Waals surface area contributed by atoms with Crippen LogP contribution in [0.5, 0.6) is 5.75 Å². The van der Waals surface area contributed by atoms with Gasteiger partial charge in [0.1, 0.15) is 12.3 Å². The van der Waals surface area contributed by atoms with Crippen LogP contribution in [0.2, 0.25) is 0 Å². The molecule has 28 heavy (non-hydrogen) atoms. The van der Waals surface area contributed by atoms with Crippen molar-refractivity contribution >= 4 is 23.6 Å². The third-order valence-electron chi connectivity index (χ3n) is 3.79. The fraction of sp³-hybridized carbons (Fsp3) is 0.238. The molecule has 0 spiro atoms. The molecule has 0 unspecified atom stereocenters. The molecule has 1 N–H and O–H groups in total. The average molecular weight is 383 g/mol. The summed E-state index contributed by atoms with van der Waals surface area (Å²) in [4.78, 5) is 46.7. The summed E-state index contributed by atoms with van der Waals surface area (Å²) in [6, 6.07) is 12.9.